The summed E-state index contributed by atoms with van der Waals surface area (Å²) in [6.07, 6.45) is 3.96. The minimum Gasteiger partial charge on any atom is -0.314 e. The van der Waals surface area contributed by atoms with E-state index in [0.29, 0.717) is 0 Å². The zero-order chi connectivity index (χ0) is 9.68. The molecule has 0 radical (unpaired) electrons. The van der Waals surface area contributed by atoms with E-state index in [4.69, 9.17) is 0 Å². The minimum atomic E-state index is 0.0674. The van der Waals surface area contributed by atoms with Crippen LogP contribution in [-0.4, -0.2) is 9.90 Å². The summed E-state index contributed by atoms with van der Waals surface area (Å²) in [5.74, 6) is 0. The van der Waals surface area contributed by atoms with Crippen LogP contribution in [0, 0.1) is 0 Å². The maximum atomic E-state index is 11.3. The molecule has 0 saturated carbocycles. The third-order valence-electron chi connectivity index (χ3n) is 1.73. The zero-order valence-electron chi connectivity index (χ0n) is 7.17. The van der Waals surface area contributed by atoms with Crippen LogP contribution < -0.4 is 5.56 Å². The normalized spacial score (nSPS) is 10.3. The molecule has 0 saturated heterocycles. The van der Waals surface area contributed by atoms with Crippen molar-refractivity contribution >= 4 is 31.9 Å². The minimum absolute atomic E-state index is 0.0674. The molecular formula is C9H11Br2NO. The lowest BCUT2D eigenvalue weighted by atomic mass is 10.3. The van der Waals surface area contributed by atoms with Gasteiger partial charge < -0.3 is 4.57 Å². The fraction of sp³-hybridized carbons (Fsp3) is 0.444. The number of alkyl halides is 1. The van der Waals surface area contributed by atoms with Gasteiger partial charge >= 0.3 is 0 Å². The van der Waals surface area contributed by atoms with Crippen molar-refractivity contribution in [3.8, 4) is 0 Å². The van der Waals surface area contributed by atoms with Crippen LogP contribution in [0.4, 0.5) is 0 Å². The van der Waals surface area contributed by atoms with Gasteiger partial charge in [0.2, 0.25) is 0 Å². The molecule has 13 heavy (non-hydrogen) atoms. The lowest BCUT2D eigenvalue weighted by Gasteiger charge is -2.04. The first-order chi connectivity index (χ1) is 6.24. The molecule has 72 valence electrons. The highest BCUT2D eigenvalue weighted by Crippen LogP contribution is 2.05. The molecule has 0 aliphatic carbocycles. The third kappa shape index (κ3) is 3.65. The Balaban J connectivity index is 2.65. The van der Waals surface area contributed by atoms with E-state index in [1.807, 2.05) is 6.20 Å². The standard InChI is InChI=1S/C9H11Br2NO/c10-5-1-2-6-12-7-8(11)3-4-9(12)13/h3-4,7H,1-2,5-6H2. The van der Waals surface area contributed by atoms with Gasteiger partial charge in [0.25, 0.3) is 5.56 Å². The highest BCUT2D eigenvalue weighted by atomic mass is 79.9. The van der Waals surface area contributed by atoms with Crippen molar-refractivity contribution < 1.29 is 0 Å². The van der Waals surface area contributed by atoms with E-state index in [2.05, 4.69) is 31.9 Å². The van der Waals surface area contributed by atoms with Crippen molar-refractivity contribution in [2.45, 2.75) is 19.4 Å². The molecule has 0 unspecified atom stereocenters. The Bertz CT molecular complexity index is 322. The maximum absolute atomic E-state index is 11.3. The molecule has 1 rings (SSSR count). The third-order valence-corrected chi connectivity index (χ3v) is 2.76. The molecule has 0 amide bonds. The van der Waals surface area contributed by atoms with E-state index in [1.165, 1.54) is 0 Å². The van der Waals surface area contributed by atoms with E-state index in [9.17, 15) is 4.79 Å². The number of unbranched alkanes of at least 4 members (excludes halogenated alkanes) is 1. The van der Waals surface area contributed by atoms with Crippen LogP contribution in [0.1, 0.15) is 12.8 Å². The first kappa shape index (κ1) is 11.0. The van der Waals surface area contributed by atoms with E-state index in [0.717, 1.165) is 29.2 Å². The van der Waals surface area contributed by atoms with Gasteiger partial charge in [-0.25, -0.2) is 0 Å². The fourth-order valence-electron chi connectivity index (χ4n) is 1.05. The summed E-state index contributed by atoms with van der Waals surface area (Å²) in [6, 6.07) is 3.35. The second-order valence-electron chi connectivity index (χ2n) is 2.78. The van der Waals surface area contributed by atoms with Gasteiger partial charge in [-0.1, -0.05) is 15.9 Å². The maximum Gasteiger partial charge on any atom is 0.250 e. The summed E-state index contributed by atoms with van der Waals surface area (Å²) < 4.78 is 2.68. The second-order valence-corrected chi connectivity index (χ2v) is 4.48. The van der Waals surface area contributed by atoms with Crippen molar-refractivity contribution in [2.24, 2.45) is 0 Å². The Hall–Kier alpha value is -0.0900. The van der Waals surface area contributed by atoms with Crippen LogP contribution >= 0.6 is 31.9 Å². The molecule has 0 atom stereocenters. The van der Waals surface area contributed by atoms with Crippen molar-refractivity contribution in [3.63, 3.8) is 0 Å². The van der Waals surface area contributed by atoms with Crippen molar-refractivity contribution in [1.82, 2.24) is 4.57 Å². The molecule has 2 nitrogen and oxygen atoms in total. The molecule has 4 heteroatoms. The van der Waals surface area contributed by atoms with Gasteiger partial charge in [-0.2, -0.15) is 0 Å². The van der Waals surface area contributed by atoms with Crippen LogP contribution in [0.2, 0.25) is 0 Å². The number of rotatable bonds is 4. The molecule has 0 fully saturated rings. The van der Waals surface area contributed by atoms with Crippen molar-refractivity contribution in [1.29, 1.82) is 0 Å². The Morgan fingerprint density at radius 2 is 2.08 bits per heavy atom. The fourth-order valence-corrected chi connectivity index (χ4v) is 1.83. The Kier molecular flexibility index (Phi) is 4.73. The number of nitrogens with zero attached hydrogens (tertiary/aromatic N) is 1. The molecule has 1 heterocycles. The van der Waals surface area contributed by atoms with Gasteiger partial charge in [-0.3, -0.25) is 4.79 Å². The van der Waals surface area contributed by atoms with Gasteiger partial charge in [0.15, 0.2) is 0 Å². The highest BCUT2D eigenvalue weighted by molar-refractivity contribution is 9.10. The van der Waals surface area contributed by atoms with E-state index in [1.54, 1.807) is 16.7 Å². The number of halogens is 2. The van der Waals surface area contributed by atoms with Crippen LogP contribution in [0.3, 0.4) is 0 Å². The Morgan fingerprint density at radius 3 is 2.77 bits per heavy atom. The van der Waals surface area contributed by atoms with Crippen molar-refractivity contribution in [2.75, 3.05) is 5.33 Å². The number of aromatic nitrogens is 1. The van der Waals surface area contributed by atoms with Crippen LogP contribution in [0.5, 0.6) is 0 Å². The summed E-state index contributed by atoms with van der Waals surface area (Å²) in [5.41, 5.74) is 0.0674. The molecule has 0 aliphatic rings. The highest BCUT2D eigenvalue weighted by Gasteiger charge is 1.95. The summed E-state index contributed by atoms with van der Waals surface area (Å²) in [6.45, 7) is 0.796. The lowest BCUT2D eigenvalue weighted by molar-refractivity contribution is 0.615. The first-order valence-corrected chi connectivity index (χ1v) is 6.07. The average molecular weight is 309 g/mol. The van der Waals surface area contributed by atoms with Crippen LogP contribution in [-0.2, 0) is 6.54 Å². The Morgan fingerprint density at radius 1 is 1.31 bits per heavy atom. The second kappa shape index (κ2) is 5.60. The van der Waals surface area contributed by atoms with Crippen LogP contribution in [0.25, 0.3) is 0 Å². The molecule has 0 aliphatic heterocycles. The van der Waals surface area contributed by atoms with E-state index >= 15 is 0 Å². The van der Waals surface area contributed by atoms with E-state index in [-0.39, 0.29) is 5.56 Å². The van der Waals surface area contributed by atoms with Gasteiger partial charge in [-0.05, 0) is 34.8 Å². The molecule has 1 aromatic rings. The number of hydrogen-bond acceptors (Lipinski definition) is 1. The number of pyridine rings is 1. The Labute approximate surface area is 94.2 Å². The quantitative estimate of drug-likeness (QED) is 0.619. The molecule has 0 spiro atoms. The molecular weight excluding hydrogens is 298 g/mol. The van der Waals surface area contributed by atoms with Gasteiger partial charge in [0.1, 0.15) is 0 Å². The molecule has 0 bridgehead atoms. The first-order valence-electron chi connectivity index (χ1n) is 4.16. The monoisotopic (exact) mass is 307 g/mol. The molecule has 0 N–H and O–H groups in total. The summed E-state index contributed by atoms with van der Waals surface area (Å²) >= 11 is 6.70. The number of hydrogen-bond donors (Lipinski definition) is 0. The lowest BCUT2D eigenvalue weighted by Crippen LogP contribution is -2.18. The topological polar surface area (TPSA) is 22.0 Å². The van der Waals surface area contributed by atoms with Gasteiger partial charge in [-0.15, -0.1) is 0 Å². The summed E-state index contributed by atoms with van der Waals surface area (Å²) in [7, 11) is 0. The number of aryl methyl sites for hydroxylation is 1. The molecule has 1 aromatic heterocycles. The SMILES string of the molecule is O=c1ccc(Br)cn1CCCCBr. The summed E-state index contributed by atoms with van der Waals surface area (Å²) in [5, 5.41) is 0.996. The predicted octanol–water partition coefficient (Wildman–Crippen LogP) is 2.79. The zero-order valence-corrected chi connectivity index (χ0v) is 10.3. The van der Waals surface area contributed by atoms with Crippen LogP contribution in [0.15, 0.2) is 27.6 Å². The van der Waals surface area contributed by atoms with E-state index < -0.39 is 0 Å². The average Bonchev–Trinajstić information content (AvgIpc) is 2.11. The van der Waals surface area contributed by atoms with Gasteiger partial charge in [0.05, 0.1) is 0 Å². The van der Waals surface area contributed by atoms with Gasteiger partial charge in [0, 0.05) is 28.6 Å². The summed E-state index contributed by atoms with van der Waals surface area (Å²) in [4.78, 5) is 11.3. The predicted molar refractivity (Wildman–Crippen MR) is 61.4 cm³/mol. The van der Waals surface area contributed by atoms with Crippen molar-refractivity contribution in [3.05, 3.63) is 33.2 Å². The largest absolute Gasteiger partial charge is 0.314 e. The smallest absolute Gasteiger partial charge is 0.250 e. The molecule has 0 aromatic carbocycles.